The molecular formula is C13H10BrCl2NO. The summed E-state index contributed by atoms with van der Waals surface area (Å²) in [5.41, 5.74) is 1.57. The van der Waals surface area contributed by atoms with Gasteiger partial charge < -0.3 is 10.4 Å². The summed E-state index contributed by atoms with van der Waals surface area (Å²) in [4.78, 5) is 0. The Balaban J connectivity index is 2.14. The summed E-state index contributed by atoms with van der Waals surface area (Å²) >= 11 is 15.3. The summed E-state index contributed by atoms with van der Waals surface area (Å²) in [6.07, 6.45) is 0. The zero-order valence-electron chi connectivity index (χ0n) is 9.25. The van der Waals surface area contributed by atoms with E-state index in [9.17, 15) is 5.11 Å². The van der Waals surface area contributed by atoms with Gasteiger partial charge in [-0.25, -0.2) is 0 Å². The van der Waals surface area contributed by atoms with E-state index in [0.29, 0.717) is 22.2 Å². The largest absolute Gasteiger partial charge is 0.508 e. The van der Waals surface area contributed by atoms with E-state index in [1.807, 2.05) is 12.1 Å². The molecule has 2 rings (SSSR count). The highest BCUT2D eigenvalue weighted by Crippen LogP contribution is 2.28. The summed E-state index contributed by atoms with van der Waals surface area (Å²) in [6.45, 7) is 0.444. The molecule has 0 bridgehead atoms. The zero-order chi connectivity index (χ0) is 13.1. The highest BCUT2D eigenvalue weighted by atomic mass is 79.9. The number of phenolic OH excluding ortho intramolecular Hbond substituents is 1. The van der Waals surface area contributed by atoms with Crippen molar-refractivity contribution in [3.05, 3.63) is 56.5 Å². The molecule has 0 amide bonds. The number of hydrogen-bond donors (Lipinski definition) is 2. The fourth-order valence-corrected chi connectivity index (χ4v) is 2.25. The summed E-state index contributed by atoms with van der Waals surface area (Å²) in [7, 11) is 0. The average molecular weight is 347 g/mol. The second kappa shape index (κ2) is 5.83. The van der Waals surface area contributed by atoms with E-state index in [1.54, 1.807) is 24.3 Å². The minimum absolute atomic E-state index is 0.183. The lowest BCUT2D eigenvalue weighted by Crippen LogP contribution is -2.00. The molecule has 0 radical (unpaired) electrons. The molecule has 18 heavy (non-hydrogen) atoms. The van der Waals surface area contributed by atoms with Crippen LogP contribution in [0.5, 0.6) is 5.75 Å². The molecule has 2 aromatic rings. The molecule has 0 aliphatic rings. The van der Waals surface area contributed by atoms with Crippen molar-refractivity contribution in [1.82, 2.24) is 0 Å². The average Bonchev–Trinajstić information content (AvgIpc) is 2.33. The zero-order valence-corrected chi connectivity index (χ0v) is 12.4. The Morgan fingerprint density at radius 2 is 1.89 bits per heavy atom. The standard InChI is InChI=1S/C13H10BrCl2NO/c14-10-6-8(4-5-12(10)16)17-7-9-11(15)2-1-3-13(9)18/h1-6,17-18H,7H2. The van der Waals surface area contributed by atoms with E-state index < -0.39 is 0 Å². The van der Waals surface area contributed by atoms with Crippen LogP contribution in [0.15, 0.2) is 40.9 Å². The molecule has 2 aromatic carbocycles. The Morgan fingerprint density at radius 1 is 1.11 bits per heavy atom. The van der Waals surface area contributed by atoms with E-state index >= 15 is 0 Å². The van der Waals surface area contributed by atoms with Crippen molar-refractivity contribution < 1.29 is 5.11 Å². The molecule has 0 aliphatic heterocycles. The van der Waals surface area contributed by atoms with Crippen molar-refractivity contribution in [3.8, 4) is 5.75 Å². The number of hydrogen-bond acceptors (Lipinski definition) is 2. The van der Waals surface area contributed by atoms with Crippen LogP contribution in [0.2, 0.25) is 10.0 Å². The Morgan fingerprint density at radius 3 is 2.56 bits per heavy atom. The maximum absolute atomic E-state index is 9.71. The Labute approximate surface area is 124 Å². The topological polar surface area (TPSA) is 32.3 Å². The Hall–Kier alpha value is -0.900. The van der Waals surface area contributed by atoms with Gasteiger partial charge in [-0.2, -0.15) is 0 Å². The first-order valence-corrected chi connectivity index (χ1v) is 6.78. The minimum atomic E-state index is 0.183. The molecule has 2 nitrogen and oxygen atoms in total. The van der Waals surface area contributed by atoms with Gasteiger partial charge in [-0.3, -0.25) is 0 Å². The maximum atomic E-state index is 9.71. The van der Waals surface area contributed by atoms with Crippen molar-refractivity contribution in [2.75, 3.05) is 5.32 Å². The maximum Gasteiger partial charge on any atom is 0.122 e. The van der Waals surface area contributed by atoms with Gasteiger partial charge in [0.1, 0.15) is 5.75 Å². The predicted molar refractivity (Wildman–Crippen MR) is 79.6 cm³/mol. The first-order valence-electron chi connectivity index (χ1n) is 5.23. The number of aromatic hydroxyl groups is 1. The van der Waals surface area contributed by atoms with Gasteiger partial charge in [-0.15, -0.1) is 0 Å². The lowest BCUT2D eigenvalue weighted by atomic mass is 10.2. The second-order valence-electron chi connectivity index (χ2n) is 3.72. The van der Waals surface area contributed by atoms with Crippen LogP contribution in [0, 0.1) is 0 Å². The van der Waals surface area contributed by atoms with Gasteiger partial charge >= 0.3 is 0 Å². The van der Waals surface area contributed by atoms with Gasteiger partial charge in [-0.1, -0.05) is 29.3 Å². The van der Waals surface area contributed by atoms with E-state index in [0.717, 1.165) is 10.2 Å². The van der Waals surface area contributed by atoms with E-state index in [-0.39, 0.29) is 5.75 Å². The molecule has 2 N–H and O–H groups in total. The fraction of sp³-hybridized carbons (Fsp3) is 0.0769. The molecule has 0 aromatic heterocycles. The molecule has 5 heteroatoms. The van der Waals surface area contributed by atoms with Gasteiger partial charge in [0.2, 0.25) is 0 Å². The van der Waals surface area contributed by atoms with Gasteiger partial charge in [0.05, 0.1) is 5.02 Å². The van der Waals surface area contributed by atoms with Crippen molar-refractivity contribution in [2.24, 2.45) is 0 Å². The molecule has 0 spiro atoms. The van der Waals surface area contributed by atoms with Crippen molar-refractivity contribution in [1.29, 1.82) is 0 Å². The van der Waals surface area contributed by atoms with Crippen LogP contribution < -0.4 is 5.32 Å². The van der Waals surface area contributed by atoms with Crippen LogP contribution in [0.25, 0.3) is 0 Å². The first kappa shape index (κ1) is 13.5. The van der Waals surface area contributed by atoms with E-state index in [2.05, 4.69) is 21.2 Å². The van der Waals surface area contributed by atoms with Crippen molar-refractivity contribution >= 4 is 44.8 Å². The third kappa shape index (κ3) is 3.10. The van der Waals surface area contributed by atoms with Crippen molar-refractivity contribution in [2.45, 2.75) is 6.54 Å². The highest BCUT2D eigenvalue weighted by molar-refractivity contribution is 9.10. The molecule has 0 fully saturated rings. The quantitative estimate of drug-likeness (QED) is 0.812. The summed E-state index contributed by atoms with van der Waals surface area (Å²) in [5, 5.41) is 14.1. The monoisotopic (exact) mass is 345 g/mol. The molecule has 0 heterocycles. The van der Waals surface area contributed by atoms with Crippen LogP contribution in [0.1, 0.15) is 5.56 Å². The lowest BCUT2D eigenvalue weighted by molar-refractivity contribution is 0.469. The van der Waals surface area contributed by atoms with Gasteiger partial charge in [0.25, 0.3) is 0 Å². The fourth-order valence-electron chi connectivity index (χ4n) is 1.52. The molecular weight excluding hydrogens is 337 g/mol. The van der Waals surface area contributed by atoms with Gasteiger partial charge in [0, 0.05) is 27.3 Å². The number of nitrogens with one attached hydrogen (secondary N) is 1. The third-order valence-electron chi connectivity index (χ3n) is 2.48. The third-order valence-corrected chi connectivity index (χ3v) is 4.05. The van der Waals surface area contributed by atoms with Crippen LogP contribution in [0.3, 0.4) is 0 Å². The molecule has 0 saturated heterocycles. The SMILES string of the molecule is Oc1cccc(Cl)c1CNc1ccc(Cl)c(Br)c1. The number of halogens is 3. The first-order chi connectivity index (χ1) is 8.58. The Kier molecular flexibility index (Phi) is 4.38. The van der Waals surface area contributed by atoms with Crippen LogP contribution in [-0.4, -0.2) is 5.11 Å². The number of anilines is 1. The number of rotatable bonds is 3. The summed E-state index contributed by atoms with van der Waals surface area (Å²) < 4.78 is 0.817. The van der Waals surface area contributed by atoms with Crippen molar-refractivity contribution in [3.63, 3.8) is 0 Å². The number of benzene rings is 2. The van der Waals surface area contributed by atoms with Gasteiger partial charge in [-0.05, 0) is 46.3 Å². The van der Waals surface area contributed by atoms with Crippen LogP contribution in [0.4, 0.5) is 5.69 Å². The molecule has 0 saturated carbocycles. The van der Waals surface area contributed by atoms with Crippen LogP contribution in [-0.2, 0) is 6.54 Å². The van der Waals surface area contributed by atoms with E-state index in [4.69, 9.17) is 23.2 Å². The molecule has 0 aliphatic carbocycles. The smallest absolute Gasteiger partial charge is 0.122 e. The number of phenols is 1. The second-order valence-corrected chi connectivity index (χ2v) is 5.39. The van der Waals surface area contributed by atoms with E-state index in [1.165, 1.54) is 0 Å². The van der Waals surface area contributed by atoms with Crippen LogP contribution >= 0.6 is 39.1 Å². The normalized spacial score (nSPS) is 10.4. The molecule has 0 unspecified atom stereocenters. The molecule has 94 valence electrons. The highest BCUT2D eigenvalue weighted by Gasteiger charge is 2.06. The minimum Gasteiger partial charge on any atom is -0.508 e. The lowest BCUT2D eigenvalue weighted by Gasteiger charge is -2.10. The summed E-state index contributed by atoms with van der Waals surface area (Å²) in [5.74, 6) is 0.183. The Bertz CT molecular complexity index is 555. The predicted octanol–water partition coefficient (Wildman–Crippen LogP) is 5.07. The van der Waals surface area contributed by atoms with Gasteiger partial charge in [0.15, 0.2) is 0 Å². The molecule has 0 atom stereocenters. The summed E-state index contributed by atoms with van der Waals surface area (Å²) in [6, 6.07) is 10.6.